The summed E-state index contributed by atoms with van der Waals surface area (Å²) >= 11 is 0. The topological polar surface area (TPSA) is 68.8 Å². The van der Waals surface area contributed by atoms with Crippen LogP contribution in [-0.2, 0) is 6.54 Å². The van der Waals surface area contributed by atoms with Gasteiger partial charge >= 0.3 is 0 Å². The third-order valence-corrected chi connectivity index (χ3v) is 2.60. The third-order valence-electron chi connectivity index (χ3n) is 2.60. The number of rotatable bonds is 1. The van der Waals surface area contributed by atoms with Crippen LogP contribution in [0, 0.1) is 5.41 Å². The number of nitrogens with one attached hydrogen (secondary N) is 1. The lowest BCUT2D eigenvalue weighted by molar-refractivity contribution is 0.322. The fourth-order valence-electron chi connectivity index (χ4n) is 1.56. The predicted octanol–water partition coefficient (Wildman–Crippen LogP) is 0.749. The summed E-state index contributed by atoms with van der Waals surface area (Å²) in [6.45, 7) is 8.14. The Labute approximate surface area is 83.7 Å². The van der Waals surface area contributed by atoms with Gasteiger partial charge in [-0.3, -0.25) is 0 Å². The Morgan fingerprint density at radius 3 is 2.86 bits per heavy atom. The summed E-state index contributed by atoms with van der Waals surface area (Å²) in [6.07, 6.45) is 0. The van der Waals surface area contributed by atoms with E-state index in [0.717, 1.165) is 24.6 Å². The molecule has 1 aromatic heterocycles. The van der Waals surface area contributed by atoms with Gasteiger partial charge in [0.1, 0.15) is 11.5 Å². The molecule has 5 nitrogen and oxygen atoms in total. The van der Waals surface area contributed by atoms with Gasteiger partial charge in [-0.1, -0.05) is 26.0 Å². The van der Waals surface area contributed by atoms with Crippen molar-refractivity contribution in [2.75, 3.05) is 11.9 Å². The molecule has 0 radical (unpaired) electrons. The number of nitrogens with zero attached hydrogens (tertiary/aromatic N) is 3. The molecule has 0 amide bonds. The molecule has 0 saturated carbocycles. The number of aromatic nitrogens is 3. The third kappa shape index (κ3) is 1.37. The zero-order valence-electron chi connectivity index (χ0n) is 8.91. The first-order valence-corrected chi connectivity index (χ1v) is 4.93. The maximum atomic E-state index is 6.13. The predicted molar refractivity (Wildman–Crippen MR) is 54.9 cm³/mol. The van der Waals surface area contributed by atoms with Crippen molar-refractivity contribution in [3.8, 4) is 0 Å². The molecule has 0 fully saturated rings. The number of fused-ring (bicyclic) bond motifs is 1. The molecule has 1 aliphatic rings. The van der Waals surface area contributed by atoms with Crippen molar-refractivity contribution >= 4 is 5.82 Å². The molecule has 0 aromatic carbocycles. The van der Waals surface area contributed by atoms with E-state index in [9.17, 15) is 0 Å². The maximum Gasteiger partial charge on any atom is 0.149 e. The van der Waals surface area contributed by atoms with E-state index in [1.54, 1.807) is 0 Å². The van der Waals surface area contributed by atoms with Gasteiger partial charge in [-0.05, 0) is 5.41 Å². The van der Waals surface area contributed by atoms with E-state index >= 15 is 0 Å². The van der Waals surface area contributed by atoms with Gasteiger partial charge < -0.3 is 11.1 Å². The van der Waals surface area contributed by atoms with Crippen molar-refractivity contribution < 1.29 is 0 Å². The Morgan fingerprint density at radius 2 is 2.21 bits per heavy atom. The lowest BCUT2D eigenvalue weighted by Crippen LogP contribution is -2.27. The van der Waals surface area contributed by atoms with Gasteiger partial charge in [-0.15, -0.1) is 5.10 Å². The van der Waals surface area contributed by atoms with Crippen molar-refractivity contribution in [3.63, 3.8) is 0 Å². The molecule has 5 heteroatoms. The molecule has 78 valence electrons. The molecule has 0 spiro atoms. The second kappa shape index (κ2) is 2.95. The molecule has 0 saturated heterocycles. The first kappa shape index (κ1) is 9.45. The standard InChI is InChI=1S/C9H17N5/c1-9(2,3)7(10)6-8-11-4-5-14(8)13-12-6/h7,11H,4-5,10H2,1-3H3. The van der Waals surface area contributed by atoms with Crippen LogP contribution in [0.5, 0.6) is 0 Å². The van der Waals surface area contributed by atoms with Crippen molar-refractivity contribution in [2.45, 2.75) is 33.4 Å². The lowest BCUT2D eigenvalue weighted by Gasteiger charge is -2.25. The zero-order chi connectivity index (χ0) is 10.3. The highest BCUT2D eigenvalue weighted by Crippen LogP contribution is 2.33. The smallest absolute Gasteiger partial charge is 0.149 e. The zero-order valence-corrected chi connectivity index (χ0v) is 8.91. The first-order valence-electron chi connectivity index (χ1n) is 4.93. The van der Waals surface area contributed by atoms with Crippen molar-refractivity contribution in [1.82, 2.24) is 15.0 Å². The van der Waals surface area contributed by atoms with E-state index in [1.165, 1.54) is 0 Å². The van der Waals surface area contributed by atoms with Gasteiger partial charge in [0.2, 0.25) is 0 Å². The highest BCUT2D eigenvalue weighted by molar-refractivity contribution is 5.44. The minimum Gasteiger partial charge on any atom is -0.367 e. The van der Waals surface area contributed by atoms with E-state index in [4.69, 9.17) is 5.73 Å². The van der Waals surface area contributed by atoms with Crippen LogP contribution in [0.2, 0.25) is 0 Å². The quantitative estimate of drug-likeness (QED) is 0.693. The highest BCUT2D eigenvalue weighted by Gasteiger charge is 2.30. The summed E-state index contributed by atoms with van der Waals surface area (Å²) in [7, 11) is 0. The molecular formula is C9H17N5. The van der Waals surface area contributed by atoms with Crippen LogP contribution in [0.3, 0.4) is 0 Å². The molecule has 1 atom stereocenters. The van der Waals surface area contributed by atoms with E-state index in [-0.39, 0.29) is 11.5 Å². The Kier molecular flexibility index (Phi) is 1.99. The molecular weight excluding hydrogens is 178 g/mol. The van der Waals surface area contributed by atoms with Crippen molar-refractivity contribution in [3.05, 3.63) is 5.69 Å². The number of nitrogens with two attached hydrogens (primary N) is 1. The number of anilines is 1. The Balaban J connectivity index is 2.33. The van der Waals surface area contributed by atoms with Crippen LogP contribution >= 0.6 is 0 Å². The molecule has 1 aliphatic heterocycles. The lowest BCUT2D eigenvalue weighted by atomic mass is 9.85. The van der Waals surface area contributed by atoms with Crippen LogP contribution in [0.1, 0.15) is 32.5 Å². The first-order chi connectivity index (χ1) is 6.50. The van der Waals surface area contributed by atoms with Gasteiger partial charge in [-0.2, -0.15) is 0 Å². The van der Waals surface area contributed by atoms with Gasteiger partial charge in [0.25, 0.3) is 0 Å². The van der Waals surface area contributed by atoms with Crippen molar-refractivity contribution in [1.29, 1.82) is 0 Å². The Hall–Kier alpha value is -1.10. The minimum atomic E-state index is -0.0724. The maximum absolute atomic E-state index is 6.13. The summed E-state index contributed by atoms with van der Waals surface area (Å²) in [5.74, 6) is 0.993. The molecule has 0 aliphatic carbocycles. The molecule has 1 aromatic rings. The summed E-state index contributed by atoms with van der Waals surface area (Å²) in [6, 6.07) is -0.0724. The normalized spacial score (nSPS) is 17.7. The molecule has 3 N–H and O–H groups in total. The molecule has 14 heavy (non-hydrogen) atoms. The average molecular weight is 195 g/mol. The van der Waals surface area contributed by atoms with E-state index < -0.39 is 0 Å². The summed E-state index contributed by atoms with van der Waals surface area (Å²) < 4.78 is 1.88. The van der Waals surface area contributed by atoms with Crippen LogP contribution in [0.25, 0.3) is 0 Å². The molecule has 2 heterocycles. The van der Waals surface area contributed by atoms with E-state index in [2.05, 4.69) is 36.4 Å². The monoisotopic (exact) mass is 195 g/mol. The summed E-state index contributed by atoms with van der Waals surface area (Å²) in [5, 5.41) is 11.4. The number of hydrogen-bond donors (Lipinski definition) is 2. The van der Waals surface area contributed by atoms with E-state index in [1.807, 2.05) is 4.68 Å². The van der Waals surface area contributed by atoms with Crippen LogP contribution in [0.4, 0.5) is 5.82 Å². The SMILES string of the molecule is CC(C)(C)C(N)c1nnn2c1NCC2. The summed E-state index contributed by atoms with van der Waals surface area (Å²) in [4.78, 5) is 0. The van der Waals surface area contributed by atoms with Crippen LogP contribution in [-0.4, -0.2) is 21.5 Å². The molecule has 1 unspecified atom stereocenters. The van der Waals surface area contributed by atoms with Gasteiger partial charge in [0.05, 0.1) is 12.6 Å². The average Bonchev–Trinajstić information content (AvgIpc) is 2.59. The largest absolute Gasteiger partial charge is 0.367 e. The molecule has 0 bridgehead atoms. The van der Waals surface area contributed by atoms with Gasteiger partial charge in [-0.25, -0.2) is 4.68 Å². The van der Waals surface area contributed by atoms with E-state index in [0.29, 0.717) is 0 Å². The number of hydrogen-bond acceptors (Lipinski definition) is 4. The Morgan fingerprint density at radius 1 is 1.50 bits per heavy atom. The van der Waals surface area contributed by atoms with Gasteiger partial charge in [0.15, 0.2) is 0 Å². The van der Waals surface area contributed by atoms with Crippen LogP contribution in [0.15, 0.2) is 0 Å². The highest BCUT2D eigenvalue weighted by atomic mass is 15.5. The fraction of sp³-hybridized carbons (Fsp3) is 0.778. The van der Waals surface area contributed by atoms with Crippen molar-refractivity contribution in [2.24, 2.45) is 11.1 Å². The Bertz CT molecular complexity index is 335. The van der Waals surface area contributed by atoms with Gasteiger partial charge in [0, 0.05) is 6.54 Å². The molecule has 2 rings (SSSR count). The second-order valence-corrected chi connectivity index (χ2v) is 4.82. The van der Waals surface area contributed by atoms with Crippen LogP contribution < -0.4 is 11.1 Å². The minimum absolute atomic E-state index is 0.0155. The fourth-order valence-corrected chi connectivity index (χ4v) is 1.56. The summed E-state index contributed by atoms with van der Waals surface area (Å²) in [5.41, 5.74) is 7.03. The second-order valence-electron chi connectivity index (χ2n) is 4.82.